The Labute approximate surface area is 214 Å². The molecule has 0 radical (unpaired) electrons. The van der Waals surface area contributed by atoms with Crippen molar-refractivity contribution in [2.45, 2.75) is 39.7 Å². The molecule has 1 heterocycles. The monoisotopic (exact) mass is 562 g/mol. The molecule has 3 rings (SSSR count). The highest BCUT2D eigenvalue weighted by molar-refractivity contribution is 14.0. The minimum Gasteiger partial charge on any atom is -0.496 e. The molecule has 1 aromatic heterocycles. The summed E-state index contributed by atoms with van der Waals surface area (Å²) >= 11 is 0. The number of aromatic nitrogens is 3. The number of nitrogens with zero attached hydrogens (tertiary/aromatic N) is 4. The summed E-state index contributed by atoms with van der Waals surface area (Å²) in [4.78, 5) is 4.82. The molecule has 2 aromatic carbocycles. The lowest BCUT2D eigenvalue weighted by molar-refractivity contribution is 0.409. The second-order valence-corrected chi connectivity index (χ2v) is 7.68. The van der Waals surface area contributed by atoms with Crippen molar-refractivity contribution in [3.05, 3.63) is 77.4 Å². The summed E-state index contributed by atoms with van der Waals surface area (Å²) in [6.07, 6.45) is 4.42. The third-order valence-corrected chi connectivity index (χ3v) is 5.29. The van der Waals surface area contributed by atoms with Gasteiger partial charge >= 0.3 is 0 Å². The van der Waals surface area contributed by atoms with Crippen molar-refractivity contribution in [2.24, 2.45) is 4.99 Å². The van der Waals surface area contributed by atoms with Crippen molar-refractivity contribution in [1.29, 1.82) is 0 Å². The molecular weight excluding hydrogens is 527 g/mol. The Bertz CT molecular complexity index is 990. The van der Waals surface area contributed by atoms with E-state index < -0.39 is 0 Å². The topological polar surface area (TPSA) is 76.4 Å². The number of halogens is 1. The first-order valence-corrected chi connectivity index (χ1v) is 11.3. The summed E-state index contributed by atoms with van der Waals surface area (Å²) in [5, 5.41) is 15.1. The molecule has 0 fully saturated rings. The minimum atomic E-state index is 0. The Kier molecular flexibility index (Phi) is 11.7. The standard InChI is InChI=1S/C25H34N6O.HI/c1-4-24-30-29-19-31(24)17-16-28-25(26-14-12-21-8-6-5-7-9-21)27-15-13-22-18-20(2)10-11-23(22)32-3;/h5-11,18-19H,4,12-17H2,1-3H3,(H2,26,27,28);1H. The van der Waals surface area contributed by atoms with Crippen LogP contribution in [0, 0.1) is 6.92 Å². The molecule has 33 heavy (non-hydrogen) atoms. The lowest BCUT2D eigenvalue weighted by Gasteiger charge is -2.14. The van der Waals surface area contributed by atoms with Gasteiger partial charge in [0.15, 0.2) is 5.96 Å². The van der Waals surface area contributed by atoms with Crippen LogP contribution in [-0.2, 0) is 25.8 Å². The number of benzene rings is 2. The predicted octanol–water partition coefficient (Wildman–Crippen LogP) is 3.80. The van der Waals surface area contributed by atoms with Crippen LogP contribution in [0.2, 0.25) is 0 Å². The van der Waals surface area contributed by atoms with Crippen molar-refractivity contribution >= 4 is 29.9 Å². The molecule has 0 aliphatic rings. The maximum Gasteiger partial charge on any atom is 0.191 e. The van der Waals surface area contributed by atoms with Crippen LogP contribution in [0.1, 0.15) is 29.4 Å². The summed E-state index contributed by atoms with van der Waals surface area (Å²) in [5.74, 6) is 2.73. The number of nitrogens with one attached hydrogen (secondary N) is 2. The van der Waals surface area contributed by atoms with Gasteiger partial charge in [-0.05, 0) is 37.0 Å². The highest BCUT2D eigenvalue weighted by Gasteiger charge is 2.05. The van der Waals surface area contributed by atoms with Gasteiger partial charge in [0, 0.05) is 32.6 Å². The van der Waals surface area contributed by atoms with Crippen LogP contribution in [0.5, 0.6) is 5.75 Å². The normalized spacial score (nSPS) is 11.1. The molecule has 0 atom stereocenters. The van der Waals surface area contributed by atoms with Gasteiger partial charge in [-0.3, -0.25) is 4.99 Å². The molecule has 3 aromatic rings. The Morgan fingerprint density at radius 3 is 2.61 bits per heavy atom. The van der Waals surface area contributed by atoms with E-state index in [-0.39, 0.29) is 24.0 Å². The SMILES string of the molecule is CCc1nncn1CCNC(=NCCc1cc(C)ccc1OC)NCCc1ccccc1.I. The fraction of sp³-hybridized carbons (Fsp3) is 0.400. The number of rotatable bonds is 11. The maximum atomic E-state index is 5.51. The molecule has 178 valence electrons. The molecule has 0 amide bonds. The van der Waals surface area contributed by atoms with Crippen molar-refractivity contribution in [3.63, 3.8) is 0 Å². The zero-order valence-electron chi connectivity index (χ0n) is 19.8. The van der Waals surface area contributed by atoms with E-state index in [9.17, 15) is 0 Å². The van der Waals surface area contributed by atoms with Gasteiger partial charge in [0.2, 0.25) is 0 Å². The number of aryl methyl sites for hydroxylation is 2. The summed E-state index contributed by atoms with van der Waals surface area (Å²) in [6, 6.07) is 16.7. The summed E-state index contributed by atoms with van der Waals surface area (Å²) < 4.78 is 7.58. The van der Waals surface area contributed by atoms with Gasteiger partial charge in [-0.1, -0.05) is 55.0 Å². The fourth-order valence-corrected chi connectivity index (χ4v) is 3.57. The van der Waals surface area contributed by atoms with Crippen LogP contribution in [0.3, 0.4) is 0 Å². The Morgan fingerprint density at radius 2 is 1.85 bits per heavy atom. The van der Waals surface area contributed by atoms with E-state index in [0.717, 1.165) is 56.4 Å². The molecule has 0 aliphatic carbocycles. The second-order valence-electron chi connectivity index (χ2n) is 7.68. The first kappa shape index (κ1) is 26.6. The molecule has 0 saturated carbocycles. The van der Waals surface area contributed by atoms with Crippen molar-refractivity contribution in [3.8, 4) is 5.75 Å². The van der Waals surface area contributed by atoms with Gasteiger partial charge in [0.1, 0.15) is 17.9 Å². The summed E-state index contributed by atoms with van der Waals surface area (Å²) in [7, 11) is 1.71. The molecule has 0 unspecified atom stereocenters. The largest absolute Gasteiger partial charge is 0.496 e. The third-order valence-electron chi connectivity index (χ3n) is 5.29. The van der Waals surface area contributed by atoms with E-state index in [4.69, 9.17) is 9.73 Å². The smallest absolute Gasteiger partial charge is 0.191 e. The first-order valence-electron chi connectivity index (χ1n) is 11.3. The van der Waals surface area contributed by atoms with Crippen LogP contribution in [0.15, 0.2) is 59.9 Å². The van der Waals surface area contributed by atoms with Crippen molar-refractivity contribution < 1.29 is 4.74 Å². The Morgan fingerprint density at radius 1 is 1.06 bits per heavy atom. The quantitative estimate of drug-likeness (QED) is 0.211. The summed E-state index contributed by atoms with van der Waals surface area (Å²) in [5.41, 5.74) is 3.71. The van der Waals surface area contributed by atoms with E-state index in [2.05, 4.69) is 75.6 Å². The minimum absolute atomic E-state index is 0. The first-order chi connectivity index (χ1) is 15.7. The molecule has 7 nitrogen and oxygen atoms in total. The lowest BCUT2D eigenvalue weighted by atomic mass is 10.1. The van der Waals surface area contributed by atoms with Crippen LogP contribution < -0.4 is 15.4 Å². The van der Waals surface area contributed by atoms with Crippen LogP contribution in [0.25, 0.3) is 0 Å². The van der Waals surface area contributed by atoms with Crippen molar-refractivity contribution in [1.82, 2.24) is 25.4 Å². The van der Waals surface area contributed by atoms with E-state index in [1.165, 1.54) is 16.7 Å². The molecule has 0 aliphatic heterocycles. The van der Waals surface area contributed by atoms with E-state index in [1.807, 2.05) is 12.1 Å². The van der Waals surface area contributed by atoms with Crippen LogP contribution in [-0.4, -0.2) is 47.5 Å². The number of guanidine groups is 1. The van der Waals surface area contributed by atoms with Gasteiger partial charge < -0.3 is 19.9 Å². The van der Waals surface area contributed by atoms with E-state index in [1.54, 1.807) is 13.4 Å². The average Bonchev–Trinajstić information content (AvgIpc) is 3.27. The predicted molar refractivity (Wildman–Crippen MR) is 145 cm³/mol. The third kappa shape index (κ3) is 8.68. The number of aliphatic imine (C=N–C) groups is 1. The van der Waals surface area contributed by atoms with E-state index >= 15 is 0 Å². The molecule has 0 bridgehead atoms. The highest BCUT2D eigenvalue weighted by Crippen LogP contribution is 2.20. The number of hydrogen-bond donors (Lipinski definition) is 2. The number of ether oxygens (including phenoxy) is 1. The molecule has 0 saturated heterocycles. The summed E-state index contributed by atoms with van der Waals surface area (Å²) in [6.45, 7) is 7.21. The number of hydrogen-bond acceptors (Lipinski definition) is 4. The van der Waals surface area contributed by atoms with Gasteiger partial charge in [0.05, 0.1) is 7.11 Å². The molecular formula is C25H35IN6O. The average molecular weight is 563 g/mol. The van der Waals surface area contributed by atoms with Crippen LogP contribution >= 0.6 is 24.0 Å². The van der Waals surface area contributed by atoms with Gasteiger partial charge in [-0.25, -0.2) is 0 Å². The molecule has 8 heteroatoms. The lowest BCUT2D eigenvalue weighted by Crippen LogP contribution is -2.40. The molecule has 0 spiro atoms. The van der Waals surface area contributed by atoms with Crippen molar-refractivity contribution in [2.75, 3.05) is 26.7 Å². The van der Waals surface area contributed by atoms with E-state index in [0.29, 0.717) is 6.54 Å². The molecule has 2 N–H and O–H groups in total. The van der Waals surface area contributed by atoms with Gasteiger partial charge in [-0.15, -0.1) is 34.2 Å². The maximum absolute atomic E-state index is 5.51. The fourth-order valence-electron chi connectivity index (χ4n) is 3.57. The number of methoxy groups -OCH3 is 1. The Hall–Kier alpha value is -2.62. The van der Waals surface area contributed by atoms with Gasteiger partial charge in [0.25, 0.3) is 0 Å². The zero-order valence-corrected chi connectivity index (χ0v) is 22.1. The highest BCUT2D eigenvalue weighted by atomic mass is 127. The zero-order chi connectivity index (χ0) is 22.6. The Balaban J connectivity index is 0.00000385. The van der Waals surface area contributed by atoms with Crippen LogP contribution in [0.4, 0.5) is 0 Å². The second kappa shape index (κ2) is 14.5. The van der Waals surface area contributed by atoms with Gasteiger partial charge in [-0.2, -0.15) is 0 Å².